The van der Waals surface area contributed by atoms with Crippen LogP contribution in [-0.4, -0.2) is 31.0 Å². The summed E-state index contributed by atoms with van der Waals surface area (Å²) in [4.78, 5) is 11.2. The summed E-state index contributed by atoms with van der Waals surface area (Å²) >= 11 is 5.71. The van der Waals surface area contributed by atoms with Crippen molar-refractivity contribution in [3.63, 3.8) is 0 Å². The minimum Gasteiger partial charge on any atom is -0.473 e. The van der Waals surface area contributed by atoms with Crippen molar-refractivity contribution < 1.29 is 14.6 Å². The Balaban J connectivity index is 2.14. The monoisotopic (exact) mass is 258 g/mol. The molecular formula is C11H15ClN2O3. The van der Waals surface area contributed by atoms with Crippen LogP contribution in [-0.2, 0) is 0 Å². The van der Waals surface area contributed by atoms with E-state index in [1.54, 1.807) is 24.3 Å². The summed E-state index contributed by atoms with van der Waals surface area (Å²) in [5.74, 6) is 0.630. The van der Waals surface area contributed by atoms with Gasteiger partial charge in [-0.3, -0.25) is 0 Å². The molecule has 0 aliphatic carbocycles. The van der Waals surface area contributed by atoms with Crippen molar-refractivity contribution in [1.29, 1.82) is 0 Å². The Labute approximate surface area is 105 Å². The number of aliphatic hydroxyl groups is 1. The Kier molecular flexibility index (Phi) is 6.21. The molecule has 2 amide bonds. The van der Waals surface area contributed by atoms with Crippen molar-refractivity contribution in [3.05, 3.63) is 29.3 Å². The van der Waals surface area contributed by atoms with E-state index in [2.05, 4.69) is 10.6 Å². The fourth-order valence-electron chi connectivity index (χ4n) is 1.06. The number of hydrogen-bond acceptors (Lipinski definition) is 3. The lowest BCUT2D eigenvalue weighted by atomic mass is 10.3. The summed E-state index contributed by atoms with van der Waals surface area (Å²) in [6.45, 7) is 0.567. The molecule has 0 aromatic heterocycles. The molecule has 0 fully saturated rings. The van der Waals surface area contributed by atoms with Gasteiger partial charge in [0.2, 0.25) is 0 Å². The van der Waals surface area contributed by atoms with Crippen LogP contribution in [0.25, 0.3) is 0 Å². The Hall–Kier alpha value is -1.46. The van der Waals surface area contributed by atoms with Crippen molar-refractivity contribution in [2.75, 3.05) is 19.9 Å². The molecule has 0 spiro atoms. The summed E-state index contributed by atoms with van der Waals surface area (Å²) in [6.07, 6.45) is 0.533. The molecule has 0 aliphatic heterocycles. The zero-order valence-electron chi connectivity index (χ0n) is 9.28. The fraction of sp³-hybridized carbons (Fsp3) is 0.364. The third-order valence-corrected chi connectivity index (χ3v) is 2.16. The number of benzene rings is 1. The quantitative estimate of drug-likeness (QED) is 0.533. The summed E-state index contributed by atoms with van der Waals surface area (Å²) in [5, 5.41) is 14.2. The van der Waals surface area contributed by atoms with E-state index in [-0.39, 0.29) is 19.4 Å². The zero-order chi connectivity index (χ0) is 12.5. The minimum atomic E-state index is -0.326. The van der Waals surface area contributed by atoms with Gasteiger partial charge in [-0.05, 0) is 30.7 Å². The number of carbonyl (C=O) groups excluding carboxylic acids is 1. The Morgan fingerprint density at radius 3 is 2.65 bits per heavy atom. The molecule has 17 heavy (non-hydrogen) atoms. The maximum Gasteiger partial charge on any atom is 0.317 e. The molecule has 6 heteroatoms. The third kappa shape index (κ3) is 5.99. The molecule has 0 bridgehead atoms. The highest BCUT2D eigenvalue weighted by molar-refractivity contribution is 6.30. The Morgan fingerprint density at radius 1 is 1.29 bits per heavy atom. The Bertz CT molecular complexity index is 343. The molecule has 1 aromatic rings. The number of rotatable bonds is 6. The molecule has 94 valence electrons. The maximum atomic E-state index is 11.2. The summed E-state index contributed by atoms with van der Waals surface area (Å²) in [6, 6.07) is 6.52. The first-order valence-corrected chi connectivity index (χ1v) is 5.61. The van der Waals surface area contributed by atoms with E-state index in [9.17, 15) is 4.79 Å². The van der Waals surface area contributed by atoms with Gasteiger partial charge in [0.1, 0.15) is 5.75 Å². The predicted molar refractivity (Wildman–Crippen MR) is 65.2 cm³/mol. The van der Waals surface area contributed by atoms with Gasteiger partial charge >= 0.3 is 6.03 Å². The van der Waals surface area contributed by atoms with Crippen LogP contribution in [0.2, 0.25) is 5.02 Å². The second-order valence-electron chi connectivity index (χ2n) is 3.25. The molecule has 0 saturated heterocycles. The van der Waals surface area contributed by atoms with E-state index in [0.29, 0.717) is 23.7 Å². The predicted octanol–water partition coefficient (Wildman–Crippen LogP) is 1.36. The van der Waals surface area contributed by atoms with Crippen LogP contribution < -0.4 is 15.4 Å². The normalized spacial score (nSPS) is 9.76. The molecule has 1 aromatic carbocycles. The lowest BCUT2D eigenvalue weighted by molar-refractivity contribution is 0.222. The molecule has 0 saturated carbocycles. The number of urea groups is 1. The first-order valence-electron chi connectivity index (χ1n) is 5.23. The van der Waals surface area contributed by atoms with Gasteiger partial charge in [0.15, 0.2) is 6.73 Å². The van der Waals surface area contributed by atoms with Crippen LogP contribution in [0.3, 0.4) is 0 Å². The van der Waals surface area contributed by atoms with Crippen molar-refractivity contribution in [1.82, 2.24) is 10.6 Å². The van der Waals surface area contributed by atoms with Crippen LogP contribution in [0.15, 0.2) is 24.3 Å². The number of hydrogen-bond donors (Lipinski definition) is 3. The molecule has 0 aliphatic rings. The second kappa shape index (κ2) is 7.76. The van der Waals surface area contributed by atoms with E-state index >= 15 is 0 Å². The van der Waals surface area contributed by atoms with Crippen LogP contribution in [0.5, 0.6) is 5.75 Å². The van der Waals surface area contributed by atoms with Crippen LogP contribution in [0, 0.1) is 0 Å². The van der Waals surface area contributed by atoms with Crippen LogP contribution >= 0.6 is 11.6 Å². The molecular weight excluding hydrogens is 244 g/mol. The molecule has 0 atom stereocenters. The van der Waals surface area contributed by atoms with Crippen LogP contribution in [0.1, 0.15) is 6.42 Å². The van der Waals surface area contributed by atoms with Gasteiger partial charge in [0.25, 0.3) is 0 Å². The topological polar surface area (TPSA) is 70.6 Å². The van der Waals surface area contributed by atoms with Gasteiger partial charge in [-0.15, -0.1) is 0 Å². The standard InChI is InChI=1S/C11H15ClN2O3/c12-9-2-4-10(5-3-9)17-8-14-11(16)13-6-1-7-15/h2-5,15H,1,6-8H2,(H2,13,14,16). The van der Waals surface area contributed by atoms with Gasteiger partial charge in [-0.1, -0.05) is 11.6 Å². The van der Waals surface area contributed by atoms with Gasteiger partial charge < -0.3 is 20.5 Å². The van der Waals surface area contributed by atoms with Crippen molar-refractivity contribution in [3.8, 4) is 5.75 Å². The summed E-state index contributed by atoms with van der Waals surface area (Å²) in [7, 11) is 0. The zero-order valence-corrected chi connectivity index (χ0v) is 10.0. The van der Waals surface area contributed by atoms with E-state index in [4.69, 9.17) is 21.4 Å². The van der Waals surface area contributed by atoms with E-state index in [1.807, 2.05) is 0 Å². The first-order chi connectivity index (χ1) is 8.22. The molecule has 5 nitrogen and oxygen atoms in total. The van der Waals surface area contributed by atoms with E-state index in [0.717, 1.165) is 0 Å². The molecule has 0 heterocycles. The molecule has 0 radical (unpaired) electrons. The van der Waals surface area contributed by atoms with Gasteiger partial charge in [0.05, 0.1) is 0 Å². The summed E-state index contributed by atoms with van der Waals surface area (Å²) < 4.78 is 5.26. The fourth-order valence-corrected chi connectivity index (χ4v) is 1.19. The smallest absolute Gasteiger partial charge is 0.317 e. The van der Waals surface area contributed by atoms with Crippen molar-refractivity contribution >= 4 is 17.6 Å². The number of aliphatic hydroxyl groups excluding tert-OH is 1. The average molecular weight is 259 g/mol. The van der Waals surface area contributed by atoms with Gasteiger partial charge in [-0.25, -0.2) is 4.79 Å². The summed E-state index contributed by atoms with van der Waals surface area (Å²) in [5.41, 5.74) is 0. The van der Waals surface area contributed by atoms with Crippen LogP contribution in [0.4, 0.5) is 4.79 Å². The lowest BCUT2D eigenvalue weighted by Gasteiger charge is -2.08. The SMILES string of the molecule is O=C(NCCCO)NCOc1ccc(Cl)cc1. The second-order valence-corrected chi connectivity index (χ2v) is 3.69. The van der Waals surface area contributed by atoms with Gasteiger partial charge in [-0.2, -0.15) is 0 Å². The molecule has 0 unspecified atom stereocenters. The largest absolute Gasteiger partial charge is 0.473 e. The van der Waals surface area contributed by atoms with E-state index < -0.39 is 0 Å². The lowest BCUT2D eigenvalue weighted by Crippen LogP contribution is -2.38. The highest BCUT2D eigenvalue weighted by Gasteiger charge is 1.98. The van der Waals surface area contributed by atoms with E-state index in [1.165, 1.54) is 0 Å². The highest BCUT2D eigenvalue weighted by atomic mass is 35.5. The third-order valence-electron chi connectivity index (χ3n) is 1.91. The minimum absolute atomic E-state index is 0.0571. The average Bonchev–Trinajstić information content (AvgIpc) is 2.32. The number of amides is 2. The number of nitrogens with one attached hydrogen (secondary N) is 2. The molecule has 1 rings (SSSR count). The van der Waals surface area contributed by atoms with Crippen molar-refractivity contribution in [2.24, 2.45) is 0 Å². The van der Waals surface area contributed by atoms with Gasteiger partial charge in [0, 0.05) is 18.2 Å². The van der Waals surface area contributed by atoms with Crippen molar-refractivity contribution in [2.45, 2.75) is 6.42 Å². The number of ether oxygens (including phenoxy) is 1. The Morgan fingerprint density at radius 2 is 2.00 bits per heavy atom. The highest BCUT2D eigenvalue weighted by Crippen LogP contribution is 2.14. The maximum absolute atomic E-state index is 11.2. The number of carbonyl (C=O) groups is 1. The molecule has 3 N–H and O–H groups in total. The number of halogens is 1. The first kappa shape index (κ1) is 13.6.